The molecule has 124 valence electrons. The lowest BCUT2D eigenvalue weighted by Gasteiger charge is -2.22. The first-order valence-corrected chi connectivity index (χ1v) is 5.80. The van der Waals surface area contributed by atoms with Gasteiger partial charge in [0.25, 0.3) is 0 Å². The van der Waals surface area contributed by atoms with Gasteiger partial charge in [0.05, 0.1) is 34.4 Å². The molecule has 20 heavy (non-hydrogen) atoms. The van der Waals surface area contributed by atoms with Crippen molar-refractivity contribution in [2.45, 2.75) is 24.4 Å². The fraction of sp³-hybridized carbons (Fsp3) is 0.909. The van der Waals surface area contributed by atoms with Crippen molar-refractivity contribution >= 4 is 6.29 Å². The van der Waals surface area contributed by atoms with Gasteiger partial charge in [0.1, 0.15) is 31.0 Å². The number of hydrogen-bond donors (Lipinski definition) is 6. The molecule has 0 aromatic heterocycles. The monoisotopic (exact) mass is 319 g/mol. The maximum Gasteiger partial charge on any atom is 0.151 e. The predicted octanol–water partition coefficient (Wildman–Crippen LogP) is -6.69. The zero-order valence-corrected chi connectivity index (χ0v) is 12.7. The van der Waals surface area contributed by atoms with E-state index in [2.05, 4.69) is 21.1 Å². The van der Waals surface area contributed by atoms with Crippen molar-refractivity contribution in [1.29, 1.82) is 0 Å². The van der Waals surface area contributed by atoms with Crippen LogP contribution in [0.25, 0.3) is 0 Å². The zero-order chi connectivity index (χ0) is 15.6. The summed E-state index contributed by atoms with van der Waals surface area (Å²) in [7, 11) is 6.16. The molecule has 0 amide bonds. The molecule has 0 aliphatic heterocycles. The molecule has 0 radical (unpaired) electrons. The predicted molar refractivity (Wildman–Crippen MR) is 67.2 cm³/mol. The number of quaternary nitrogens is 1. The summed E-state index contributed by atoms with van der Waals surface area (Å²) in [4.78, 5) is 9.90. The number of likely N-dealkylation sites (N-methyl/N-ethyl adjacent to an activating group) is 1. The molecule has 0 fully saturated rings. The Morgan fingerprint density at radius 2 is 1.45 bits per heavy atom. The summed E-state index contributed by atoms with van der Waals surface area (Å²) in [6.07, 6.45) is -6.84. The first-order valence-electron chi connectivity index (χ1n) is 5.80. The molecule has 0 aromatic carbocycles. The van der Waals surface area contributed by atoms with Gasteiger partial charge in [0.2, 0.25) is 0 Å². The van der Waals surface area contributed by atoms with Crippen LogP contribution in [0.2, 0.25) is 0 Å². The molecule has 0 aromatic rings. The number of aliphatic hydroxyl groups is 6. The normalized spacial score (nSPS) is 16.9. The van der Waals surface area contributed by atoms with Crippen molar-refractivity contribution in [2.75, 3.05) is 40.9 Å². The van der Waals surface area contributed by atoms with Crippen LogP contribution in [0.15, 0.2) is 0 Å². The number of carbonyl (C=O) groups is 1. The average molecular weight is 320 g/mol. The largest absolute Gasteiger partial charge is 1.00 e. The Labute approximate surface area is 124 Å². The fourth-order valence-corrected chi connectivity index (χ4v) is 0.918. The molecule has 4 unspecified atom stereocenters. The summed E-state index contributed by atoms with van der Waals surface area (Å²) in [5, 5.41) is 51.9. The maximum absolute atomic E-state index is 9.90. The minimum absolute atomic E-state index is 0. The molecule has 0 heterocycles. The summed E-state index contributed by atoms with van der Waals surface area (Å²) in [5.41, 5.74) is 0. The number of rotatable bonds is 7. The van der Waals surface area contributed by atoms with Gasteiger partial charge in [0, 0.05) is 0 Å². The lowest BCUT2D eigenvalue weighted by molar-refractivity contribution is -0.870. The highest BCUT2D eigenvalue weighted by atomic mass is 35.5. The molecule has 0 aliphatic rings. The number of carbonyl (C=O) groups excluding carboxylic acids is 1. The highest BCUT2D eigenvalue weighted by molar-refractivity contribution is 5.56. The summed E-state index contributed by atoms with van der Waals surface area (Å²) >= 11 is 0. The summed E-state index contributed by atoms with van der Waals surface area (Å²) in [6, 6.07) is 0. The van der Waals surface area contributed by atoms with Crippen molar-refractivity contribution in [1.82, 2.24) is 0 Å². The van der Waals surface area contributed by atoms with E-state index in [0.29, 0.717) is 0 Å². The van der Waals surface area contributed by atoms with Gasteiger partial charge in [-0.2, -0.15) is 0 Å². The highest BCUT2D eigenvalue weighted by Crippen LogP contribution is 2.02. The van der Waals surface area contributed by atoms with Crippen LogP contribution in [-0.4, -0.2) is 107 Å². The Morgan fingerprint density at radius 3 is 1.65 bits per heavy atom. The van der Waals surface area contributed by atoms with Gasteiger partial charge in [-0.25, -0.2) is 0 Å². The quantitative estimate of drug-likeness (QED) is 0.202. The van der Waals surface area contributed by atoms with Crippen molar-refractivity contribution < 1.29 is 52.3 Å². The van der Waals surface area contributed by atoms with Gasteiger partial charge in [-0.1, -0.05) is 0 Å². The molecule has 9 heteroatoms. The molecular weight excluding hydrogens is 294 g/mol. The van der Waals surface area contributed by atoms with E-state index in [1.807, 2.05) is 0 Å². The smallest absolute Gasteiger partial charge is 0.151 e. The number of nitrogens with zero attached hydrogens (tertiary/aromatic N) is 1. The second-order valence-electron chi connectivity index (χ2n) is 5.10. The first kappa shape index (κ1) is 24.7. The van der Waals surface area contributed by atoms with Crippen LogP contribution >= 0.6 is 0 Å². The first-order chi connectivity index (χ1) is 8.60. The van der Waals surface area contributed by atoms with E-state index < -0.39 is 31.0 Å². The van der Waals surface area contributed by atoms with E-state index in [0.717, 1.165) is 11.0 Å². The number of aliphatic hydroxyl groups excluding tert-OH is 6. The van der Waals surface area contributed by atoms with Gasteiger partial charge in [0.15, 0.2) is 6.29 Å². The molecule has 0 rings (SSSR count). The zero-order valence-electron chi connectivity index (χ0n) is 11.9. The van der Waals surface area contributed by atoms with Crippen molar-refractivity contribution in [3.63, 3.8) is 0 Å². The van der Waals surface area contributed by atoms with Crippen LogP contribution in [0.1, 0.15) is 0 Å². The SMILES string of the molecule is C[N+](C)(C)CCO.O=CC(O)C(O)C(O)C(O)CO.[Cl-]. The Bertz CT molecular complexity index is 237. The summed E-state index contributed by atoms with van der Waals surface area (Å²) in [6.45, 7) is 0.354. The minimum atomic E-state index is -1.79. The average Bonchev–Trinajstić information content (AvgIpc) is 2.34. The molecule has 8 nitrogen and oxygen atoms in total. The minimum Gasteiger partial charge on any atom is -1.00 e. The number of hydrogen-bond acceptors (Lipinski definition) is 7. The molecule has 0 saturated carbocycles. The summed E-state index contributed by atoms with van der Waals surface area (Å²) < 4.78 is 0.844. The fourth-order valence-electron chi connectivity index (χ4n) is 0.918. The third-order valence-electron chi connectivity index (χ3n) is 2.19. The van der Waals surface area contributed by atoms with Crippen molar-refractivity contribution in [2.24, 2.45) is 0 Å². The van der Waals surface area contributed by atoms with Crippen LogP contribution in [0, 0.1) is 0 Å². The third kappa shape index (κ3) is 12.7. The van der Waals surface area contributed by atoms with E-state index in [4.69, 9.17) is 30.6 Å². The molecular formula is C11H26ClNO7. The van der Waals surface area contributed by atoms with Crippen LogP contribution in [-0.2, 0) is 4.79 Å². The van der Waals surface area contributed by atoms with Gasteiger partial charge in [-0.15, -0.1) is 0 Å². The lowest BCUT2D eigenvalue weighted by atomic mass is 10.0. The highest BCUT2D eigenvalue weighted by Gasteiger charge is 2.29. The molecule has 0 spiro atoms. The van der Waals surface area contributed by atoms with Crippen LogP contribution < -0.4 is 12.4 Å². The lowest BCUT2D eigenvalue weighted by Crippen LogP contribution is -3.00. The van der Waals surface area contributed by atoms with Crippen molar-refractivity contribution in [3.8, 4) is 0 Å². The van der Waals surface area contributed by atoms with E-state index in [1.165, 1.54) is 0 Å². The van der Waals surface area contributed by atoms with Gasteiger partial charge >= 0.3 is 0 Å². The standard InChI is InChI=1S/C6H12O6.C5H14NO.ClH/c7-1-3(9)5(11)6(12)4(10)2-8;1-6(2,3)4-5-7;/h1,3-6,8-12H,2H2;7H,4-5H2,1-3H3;1H/q;+1;/p-1. The Balaban J connectivity index is -0.000000312. The van der Waals surface area contributed by atoms with Crippen molar-refractivity contribution in [3.05, 3.63) is 0 Å². The maximum atomic E-state index is 9.90. The molecule has 0 bridgehead atoms. The van der Waals surface area contributed by atoms with Crippen LogP contribution in [0.5, 0.6) is 0 Å². The second kappa shape index (κ2) is 12.4. The van der Waals surface area contributed by atoms with E-state index in [1.54, 1.807) is 0 Å². The molecule has 4 atom stereocenters. The Hall–Kier alpha value is -0.320. The Morgan fingerprint density at radius 1 is 1.00 bits per heavy atom. The summed E-state index contributed by atoms with van der Waals surface area (Å²) in [5.74, 6) is 0. The second-order valence-corrected chi connectivity index (χ2v) is 5.10. The molecule has 0 saturated heterocycles. The van der Waals surface area contributed by atoms with Crippen LogP contribution in [0.4, 0.5) is 0 Å². The Kier molecular flexibility index (Phi) is 15.3. The molecule has 0 aliphatic carbocycles. The third-order valence-corrected chi connectivity index (χ3v) is 2.19. The van der Waals surface area contributed by atoms with Crippen LogP contribution in [0.3, 0.4) is 0 Å². The van der Waals surface area contributed by atoms with Gasteiger partial charge in [-0.3, -0.25) is 0 Å². The van der Waals surface area contributed by atoms with Gasteiger partial charge in [-0.05, 0) is 0 Å². The van der Waals surface area contributed by atoms with Gasteiger partial charge < -0.3 is 52.3 Å². The van der Waals surface area contributed by atoms with E-state index in [-0.39, 0.29) is 25.3 Å². The van der Waals surface area contributed by atoms with E-state index >= 15 is 0 Å². The number of halogens is 1. The topological polar surface area (TPSA) is 138 Å². The number of aldehydes is 1. The van der Waals surface area contributed by atoms with E-state index in [9.17, 15) is 4.79 Å². The molecule has 6 N–H and O–H groups in total.